The van der Waals surface area contributed by atoms with E-state index in [1.165, 1.54) is 13.0 Å². The lowest BCUT2D eigenvalue weighted by Gasteiger charge is -2.31. The van der Waals surface area contributed by atoms with Crippen molar-refractivity contribution in [3.8, 4) is 5.75 Å². The summed E-state index contributed by atoms with van der Waals surface area (Å²) in [5, 5.41) is 0. The normalized spacial score (nSPS) is 26.5. The van der Waals surface area contributed by atoms with E-state index in [0.717, 1.165) is 30.3 Å². The van der Waals surface area contributed by atoms with Gasteiger partial charge in [0.25, 0.3) is 0 Å². The van der Waals surface area contributed by atoms with Crippen LogP contribution in [-0.4, -0.2) is 43.2 Å². The van der Waals surface area contributed by atoms with Crippen LogP contribution in [0.4, 0.5) is 0 Å². The third-order valence-electron chi connectivity index (χ3n) is 4.84. The van der Waals surface area contributed by atoms with Crippen molar-refractivity contribution in [2.45, 2.75) is 32.3 Å². The molecule has 0 aromatic heterocycles. The van der Waals surface area contributed by atoms with Crippen molar-refractivity contribution < 1.29 is 14.3 Å². The first kappa shape index (κ1) is 16.6. The molecule has 5 heteroatoms. The third kappa shape index (κ3) is 3.64. The maximum Gasteiger partial charge on any atom is 0.338 e. The Hall–Kier alpha value is -1.26. The summed E-state index contributed by atoms with van der Waals surface area (Å²) < 4.78 is 11.3. The number of piperidine rings is 1. The van der Waals surface area contributed by atoms with Crippen molar-refractivity contribution in [2.75, 3.05) is 26.2 Å². The summed E-state index contributed by atoms with van der Waals surface area (Å²) >= 11 is 6.00. The molecule has 3 atom stereocenters. The number of carbonyl (C=O) groups is 1. The number of hydrogen-bond acceptors (Lipinski definition) is 4. The van der Waals surface area contributed by atoms with E-state index >= 15 is 0 Å². The largest absolute Gasteiger partial charge is 0.489 e. The highest BCUT2D eigenvalue weighted by molar-refractivity contribution is 6.17. The van der Waals surface area contributed by atoms with E-state index in [4.69, 9.17) is 21.1 Å². The molecule has 23 heavy (non-hydrogen) atoms. The number of hydrogen-bond donors (Lipinski definition) is 0. The van der Waals surface area contributed by atoms with Gasteiger partial charge >= 0.3 is 5.97 Å². The molecule has 1 aliphatic heterocycles. The minimum Gasteiger partial charge on any atom is -0.489 e. The molecular formula is C18H24ClNO3. The summed E-state index contributed by atoms with van der Waals surface area (Å²) in [7, 11) is 0. The fourth-order valence-corrected chi connectivity index (χ4v) is 3.67. The lowest BCUT2D eigenvalue weighted by Crippen LogP contribution is -2.42. The van der Waals surface area contributed by atoms with E-state index in [1.807, 2.05) is 12.1 Å². The Morgan fingerprint density at radius 3 is 2.87 bits per heavy atom. The van der Waals surface area contributed by atoms with Gasteiger partial charge in [-0.15, -0.1) is 11.6 Å². The molecule has 2 aliphatic rings. The standard InChI is InChI=1S/C18H24ClNO3/c1-3-20-10-13-8-16(13)17(11-20)23-14-5-6-15(12(7-14)9-19)18(21)22-4-2/h5-7,13,16-17H,3-4,8-11H2,1-2H3/t13-,16-,17-/m0/s1. The highest BCUT2D eigenvalue weighted by Gasteiger charge is 2.48. The Morgan fingerprint density at radius 2 is 2.17 bits per heavy atom. The highest BCUT2D eigenvalue weighted by Crippen LogP contribution is 2.46. The van der Waals surface area contributed by atoms with Crippen LogP contribution in [0.1, 0.15) is 36.2 Å². The third-order valence-corrected chi connectivity index (χ3v) is 5.12. The second-order valence-corrected chi connectivity index (χ2v) is 6.61. The van der Waals surface area contributed by atoms with Crippen LogP contribution in [0.25, 0.3) is 0 Å². The molecule has 126 valence electrons. The molecule has 1 aliphatic carbocycles. The van der Waals surface area contributed by atoms with E-state index < -0.39 is 0 Å². The minimum atomic E-state index is -0.327. The predicted octanol–water partition coefficient (Wildman–Crippen LogP) is 3.32. The number of nitrogens with zero attached hydrogens (tertiary/aromatic N) is 1. The molecule has 0 unspecified atom stereocenters. The molecule has 1 saturated heterocycles. The monoisotopic (exact) mass is 337 g/mol. The number of likely N-dealkylation sites (tertiary alicyclic amines) is 1. The number of ether oxygens (including phenoxy) is 2. The molecule has 2 fully saturated rings. The van der Waals surface area contributed by atoms with Gasteiger partial charge in [0.2, 0.25) is 0 Å². The van der Waals surface area contributed by atoms with Crippen molar-refractivity contribution >= 4 is 17.6 Å². The second-order valence-electron chi connectivity index (χ2n) is 6.34. The zero-order valence-corrected chi connectivity index (χ0v) is 14.5. The van der Waals surface area contributed by atoms with Crippen molar-refractivity contribution in [1.82, 2.24) is 4.90 Å². The smallest absolute Gasteiger partial charge is 0.338 e. The summed E-state index contributed by atoms with van der Waals surface area (Å²) in [6, 6.07) is 5.49. The second kappa shape index (κ2) is 7.10. The Bertz CT molecular complexity index is 577. The summed E-state index contributed by atoms with van der Waals surface area (Å²) in [5.41, 5.74) is 1.29. The Balaban J connectivity index is 1.72. The van der Waals surface area contributed by atoms with Crippen LogP contribution in [0.5, 0.6) is 5.75 Å². The SMILES string of the molecule is CCOC(=O)c1ccc(O[C@H]2CN(CC)C[C@@H]3C[C@@H]32)cc1CCl. The van der Waals surface area contributed by atoms with Crippen LogP contribution in [0, 0.1) is 11.8 Å². The Morgan fingerprint density at radius 1 is 1.35 bits per heavy atom. The van der Waals surface area contributed by atoms with Gasteiger partial charge in [0.05, 0.1) is 12.2 Å². The molecule has 1 aromatic rings. The molecule has 0 radical (unpaired) electrons. The zero-order chi connectivity index (χ0) is 16.4. The lowest BCUT2D eigenvalue weighted by molar-refractivity contribution is 0.0525. The molecular weight excluding hydrogens is 314 g/mol. The van der Waals surface area contributed by atoms with Crippen molar-refractivity contribution in [2.24, 2.45) is 11.8 Å². The summed E-state index contributed by atoms with van der Waals surface area (Å²) in [4.78, 5) is 14.4. The molecule has 0 spiro atoms. The molecule has 1 aromatic carbocycles. The summed E-state index contributed by atoms with van der Waals surface area (Å²) in [5.74, 6) is 2.21. The van der Waals surface area contributed by atoms with Crippen molar-refractivity contribution in [1.29, 1.82) is 0 Å². The first-order valence-electron chi connectivity index (χ1n) is 8.41. The highest BCUT2D eigenvalue weighted by atomic mass is 35.5. The average molecular weight is 338 g/mol. The lowest BCUT2D eigenvalue weighted by atomic mass is 10.1. The van der Waals surface area contributed by atoms with Crippen LogP contribution in [0.3, 0.4) is 0 Å². The van der Waals surface area contributed by atoms with Crippen molar-refractivity contribution in [3.05, 3.63) is 29.3 Å². The number of halogens is 1. The number of fused-ring (bicyclic) bond motifs is 1. The number of alkyl halides is 1. The van der Waals surface area contributed by atoms with Gasteiger partial charge in [0.1, 0.15) is 11.9 Å². The molecule has 3 rings (SSSR count). The predicted molar refractivity (Wildman–Crippen MR) is 90.1 cm³/mol. The maximum atomic E-state index is 11.9. The fraction of sp³-hybridized carbons (Fsp3) is 0.611. The zero-order valence-electron chi connectivity index (χ0n) is 13.8. The molecule has 1 heterocycles. The van der Waals surface area contributed by atoms with Gasteiger partial charge in [-0.05, 0) is 49.6 Å². The number of benzene rings is 1. The molecule has 0 N–H and O–H groups in total. The summed E-state index contributed by atoms with van der Waals surface area (Å²) in [6.45, 7) is 7.60. The van der Waals surface area contributed by atoms with Crippen molar-refractivity contribution in [3.63, 3.8) is 0 Å². The molecule has 0 amide bonds. The Labute approximate surface area is 142 Å². The molecule has 0 bridgehead atoms. The fourth-order valence-electron chi connectivity index (χ4n) is 3.45. The van der Waals surface area contributed by atoms with E-state index in [-0.39, 0.29) is 18.0 Å². The number of carbonyl (C=O) groups excluding carboxylic acids is 1. The van der Waals surface area contributed by atoms with Gasteiger partial charge in [-0.3, -0.25) is 4.90 Å². The van der Waals surface area contributed by atoms with Crippen LogP contribution in [-0.2, 0) is 10.6 Å². The molecule has 1 saturated carbocycles. The van der Waals surface area contributed by atoms with Gasteiger partial charge in [0.15, 0.2) is 0 Å². The number of rotatable bonds is 6. The number of esters is 1. The topological polar surface area (TPSA) is 38.8 Å². The summed E-state index contributed by atoms with van der Waals surface area (Å²) in [6.07, 6.45) is 1.51. The first-order chi connectivity index (χ1) is 11.2. The van der Waals surface area contributed by atoms with Gasteiger partial charge < -0.3 is 9.47 Å². The quantitative estimate of drug-likeness (QED) is 0.589. The van der Waals surface area contributed by atoms with Gasteiger partial charge in [-0.25, -0.2) is 4.79 Å². The van der Waals surface area contributed by atoms with Gasteiger partial charge in [-0.1, -0.05) is 6.92 Å². The average Bonchev–Trinajstić information content (AvgIpc) is 3.34. The van der Waals surface area contributed by atoms with Gasteiger partial charge in [-0.2, -0.15) is 0 Å². The Kier molecular flexibility index (Phi) is 5.12. The van der Waals surface area contributed by atoms with E-state index in [1.54, 1.807) is 13.0 Å². The maximum absolute atomic E-state index is 11.9. The van der Waals surface area contributed by atoms with Crippen LogP contribution >= 0.6 is 11.6 Å². The first-order valence-corrected chi connectivity index (χ1v) is 8.94. The molecule has 4 nitrogen and oxygen atoms in total. The van der Waals surface area contributed by atoms with Gasteiger partial charge in [0, 0.05) is 24.9 Å². The minimum absolute atomic E-state index is 0.241. The van der Waals surface area contributed by atoms with Crippen LogP contribution < -0.4 is 4.74 Å². The van der Waals surface area contributed by atoms with E-state index in [2.05, 4.69) is 11.8 Å². The van der Waals surface area contributed by atoms with Crippen LogP contribution in [0.15, 0.2) is 18.2 Å². The van der Waals surface area contributed by atoms with E-state index in [0.29, 0.717) is 18.1 Å². The van der Waals surface area contributed by atoms with E-state index in [9.17, 15) is 4.79 Å². The van der Waals surface area contributed by atoms with Crippen LogP contribution in [0.2, 0.25) is 0 Å². The number of likely N-dealkylation sites (N-methyl/N-ethyl adjacent to an activating group) is 1.